The monoisotopic (exact) mass is 313 g/mol. The van der Waals surface area contributed by atoms with E-state index in [4.69, 9.17) is 18.9 Å². The Hall–Kier alpha value is -1.48. The summed E-state index contributed by atoms with van der Waals surface area (Å²) in [7, 11) is 8.39. The van der Waals surface area contributed by atoms with Crippen molar-refractivity contribution in [1.82, 2.24) is 9.55 Å². The van der Waals surface area contributed by atoms with E-state index in [1.165, 1.54) is 4.57 Å². The van der Waals surface area contributed by atoms with Crippen LogP contribution in [-0.2, 0) is 18.9 Å². The smallest absolute Gasteiger partial charge is 0.351 e. The van der Waals surface area contributed by atoms with E-state index >= 15 is 0 Å². The summed E-state index contributed by atoms with van der Waals surface area (Å²) < 4.78 is 23.4. The lowest BCUT2D eigenvalue weighted by molar-refractivity contribution is -0.0672. The Bertz CT molecular complexity index is 548. The third-order valence-electron chi connectivity index (χ3n) is 3.71. The van der Waals surface area contributed by atoms with Crippen LogP contribution in [0.5, 0.6) is 0 Å². The van der Waals surface area contributed by atoms with Gasteiger partial charge in [-0.2, -0.15) is 4.98 Å². The first-order chi connectivity index (χ1) is 10.5. The number of hydrogen-bond acceptors (Lipinski definition) is 7. The predicted octanol–water partition coefficient (Wildman–Crippen LogP) is -0.117. The van der Waals surface area contributed by atoms with Gasteiger partial charge in [0.25, 0.3) is 0 Å². The Morgan fingerprint density at radius 2 is 1.95 bits per heavy atom. The first-order valence-electron chi connectivity index (χ1n) is 7.00. The van der Waals surface area contributed by atoms with Crippen LogP contribution >= 0.6 is 0 Å². The van der Waals surface area contributed by atoms with Crippen molar-refractivity contribution in [2.24, 2.45) is 0 Å². The van der Waals surface area contributed by atoms with Crippen LogP contribution in [0.15, 0.2) is 17.1 Å². The second-order valence-electron chi connectivity index (χ2n) is 5.29. The van der Waals surface area contributed by atoms with Crippen molar-refractivity contribution in [1.29, 1.82) is 0 Å². The number of ether oxygens (including phenoxy) is 4. The summed E-state index contributed by atoms with van der Waals surface area (Å²) in [4.78, 5) is 18.1. The average molecular weight is 313 g/mol. The maximum atomic E-state index is 12.3. The molecule has 0 radical (unpaired) electrons. The van der Waals surface area contributed by atoms with Gasteiger partial charge in [0, 0.05) is 41.6 Å². The Morgan fingerprint density at radius 3 is 2.45 bits per heavy atom. The summed E-state index contributed by atoms with van der Waals surface area (Å²) in [5, 5.41) is 0. The van der Waals surface area contributed by atoms with Crippen LogP contribution in [0, 0.1) is 0 Å². The number of methoxy groups -OCH3 is 3. The topological polar surface area (TPSA) is 75.1 Å². The molecule has 22 heavy (non-hydrogen) atoms. The Kier molecular flexibility index (Phi) is 5.52. The molecule has 2 rings (SSSR count). The van der Waals surface area contributed by atoms with Gasteiger partial charge in [0.2, 0.25) is 0 Å². The third kappa shape index (κ3) is 3.14. The van der Waals surface area contributed by atoms with Gasteiger partial charge in [0.05, 0.1) is 6.61 Å². The number of rotatable bonds is 6. The summed E-state index contributed by atoms with van der Waals surface area (Å²) in [6.45, 7) is 0.354. The molecule has 1 aliphatic rings. The maximum absolute atomic E-state index is 12.3. The molecule has 1 fully saturated rings. The normalized spacial score (nSPS) is 28.0. The van der Waals surface area contributed by atoms with Gasteiger partial charge in [0.15, 0.2) is 6.23 Å². The molecule has 0 bridgehead atoms. The summed E-state index contributed by atoms with van der Waals surface area (Å²) in [5.74, 6) is 0.588. The van der Waals surface area contributed by atoms with Gasteiger partial charge in [-0.1, -0.05) is 0 Å². The molecule has 0 amide bonds. The quantitative estimate of drug-likeness (QED) is 0.725. The molecule has 1 aromatic heterocycles. The Labute approximate surface area is 129 Å². The number of anilines is 1. The van der Waals surface area contributed by atoms with Gasteiger partial charge in [-0.25, -0.2) is 4.79 Å². The maximum Gasteiger partial charge on any atom is 0.351 e. The van der Waals surface area contributed by atoms with Crippen LogP contribution < -0.4 is 10.6 Å². The highest BCUT2D eigenvalue weighted by Crippen LogP contribution is 2.32. The minimum absolute atomic E-state index is 0.314. The van der Waals surface area contributed by atoms with E-state index < -0.39 is 18.0 Å². The number of aromatic nitrogens is 2. The fraction of sp³-hybridized carbons (Fsp3) is 0.714. The highest BCUT2D eigenvalue weighted by molar-refractivity contribution is 5.33. The lowest BCUT2D eigenvalue weighted by atomic mass is 10.1. The van der Waals surface area contributed by atoms with Crippen molar-refractivity contribution >= 4 is 5.82 Å². The SMILES string of the molecule is COCC1OC(n2ccc(N(C)C)nc2=O)C(OC)C1OC. The van der Waals surface area contributed by atoms with Crippen LogP contribution in [0.2, 0.25) is 0 Å². The molecular formula is C14H23N3O5. The second-order valence-corrected chi connectivity index (χ2v) is 5.29. The van der Waals surface area contributed by atoms with E-state index in [1.807, 2.05) is 14.1 Å². The molecule has 0 spiro atoms. The Morgan fingerprint density at radius 1 is 1.27 bits per heavy atom. The largest absolute Gasteiger partial charge is 0.382 e. The zero-order chi connectivity index (χ0) is 16.3. The van der Waals surface area contributed by atoms with Crippen LogP contribution in [0.1, 0.15) is 6.23 Å². The molecular weight excluding hydrogens is 290 g/mol. The molecule has 1 aliphatic heterocycles. The minimum Gasteiger partial charge on any atom is -0.382 e. The van der Waals surface area contributed by atoms with Crippen molar-refractivity contribution in [3.8, 4) is 0 Å². The van der Waals surface area contributed by atoms with Crippen LogP contribution in [0.3, 0.4) is 0 Å². The molecule has 0 aromatic carbocycles. The van der Waals surface area contributed by atoms with E-state index in [0.717, 1.165) is 0 Å². The van der Waals surface area contributed by atoms with Crippen molar-refractivity contribution < 1.29 is 18.9 Å². The van der Waals surface area contributed by atoms with Crippen molar-refractivity contribution in [2.75, 3.05) is 46.9 Å². The summed E-state index contributed by atoms with van der Waals surface area (Å²) in [6.07, 6.45) is -0.00888. The lowest BCUT2D eigenvalue weighted by Crippen LogP contribution is -2.39. The van der Waals surface area contributed by atoms with Crippen LogP contribution in [0.25, 0.3) is 0 Å². The minimum atomic E-state index is -0.605. The molecule has 124 valence electrons. The molecule has 1 saturated heterocycles. The van der Waals surface area contributed by atoms with E-state index in [9.17, 15) is 4.79 Å². The van der Waals surface area contributed by atoms with E-state index in [0.29, 0.717) is 12.4 Å². The number of hydrogen-bond donors (Lipinski definition) is 0. The predicted molar refractivity (Wildman–Crippen MR) is 80.2 cm³/mol. The lowest BCUT2D eigenvalue weighted by Gasteiger charge is -2.22. The molecule has 4 atom stereocenters. The molecule has 4 unspecified atom stereocenters. The van der Waals surface area contributed by atoms with Crippen LogP contribution in [0.4, 0.5) is 5.82 Å². The van der Waals surface area contributed by atoms with Gasteiger partial charge in [-0.3, -0.25) is 4.57 Å². The number of nitrogens with zero attached hydrogens (tertiary/aromatic N) is 3. The van der Waals surface area contributed by atoms with Gasteiger partial charge in [-0.05, 0) is 6.07 Å². The zero-order valence-electron chi connectivity index (χ0n) is 13.6. The van der Waals surface area contributed by atoms with Crippen molar-refractivity contribution in [2.45, 2.75) is 24.5 Å². The van der Waals surface area contributed by atoms with E-state index in [-0.39, 0.29) is 12.2 Å². The standard InChI is InChI=1S/C14H23N3O5/c1-16(2)10-6-7-17(14(18)15-10)13-12(21-5)11(20-4)9(22-13)8-19-3/h6-7,9,11-13H,8H2,1-5H3. The molecule has 0 N–H and O–H groups in total. The van der Waals surface area contributed by atoms with Gasteiger partial charge >= 0.3 is 5.69 Å². The van der Waals surface area contributed by atoms with Crippen LogP contribution in [-0.4, -0.2) is 69.9 Å². The fourth-order valence-electron chi connectivity index (χ4n) is 2.61. The third-order valence-corrected chi connectivity index (χ3v) is 3.71. The molecule has 1 aromatic rings. The van der Waals surface area contributed by atoms with E-state index in [2.05, 4.69) is 4.98 Å². The first kappa shape index (κ1) is 16.9. The summed E-state index contributed by atoms with van der Waals surface area (Å²) >= 11 is 0. The van der Waals surface area contributed by atoms with Gasteiger partial charge < -0.3 is 23.8 Å². The summed E-state index contributed by atoms with van der Waals surface area (Å²) in [5.41, 5.74) is -0.397. The molecule has 2 heterocycles. The molecule has 0 aliphatic carbocycles. The van der Waals surface area contributed by atoms with Crippen molar-refractivity contribution in [3.05, 3.63) is 22.7 Å². The highest BCUT2D eigenvalue weighted by Gasteiger charge is 2.46. The average Bonchev–Trinajstić information content (AvgIpc) is 2.84. The van der Waals surface area contributed by atoms with Crippen molar-refractivity contribution in [3.63, 3.8) is 0 Å². The Balaban J connectivity index is 2.32. The molecule has 8 heteroatoms. The van der Waals surface area contributed by atoms with Gasteiger partial charge in [0.1, 0.15) is 24.1 Å². The van der Waals surface area contributed by atoms with Gasteiger partial charge in [-0.15, -0.1) is 0 Å². The van der Waals surface area contributed by atoms with E-state index in [1.54, 1.807) is 38.5 Å². The first-order valence-corrected chi connectivity index (χ1v) is 7.00. The second kappa shape index (κ2) is 7.19. The highest BCUT2D eigenvalue weighted by atomic mass is 16.6. The molecule has 0 saturated carbocycles. The fourth-order valence-corrected chi connectivity index (χ4v) is 2.61. The molecule has 8 nitrogen and oxygen atoms in total. The zero-order valence-corrected chi connectivity index (χ0v) is 13.6. The summed E-state index contributed by atoms with van der Waals surface area (Å²) in [6, 6.07) is 1.75.